The first kappa shape index (κ1) is 7.95. The van der Waals surface area contributed by atoms with Gasteiger partial charge in [0.25, 0.3) is 5.91 Å². The summed E-state index contributed by atoms with van der Waals surface area (Å²) in [6.45, 7) is 1.96. The number of nitrogens with two attached hydrogens (primary N) is 1. The fraction of sp³-hybridized carbons (Fsp3) is 0.500. The summed E-state index contributed by atoms with van der Waals surface area (Å²) in [5, 5.41) is 0. The third-order valence-corrected chi connectivity index (χ3v) is 3.22. The van der Waals surface area contributed by atoms with E-state index < -0.39 is 0 Å². The minimum Gasteiger partial charge on any atom is -0.365 e. The molecule has 0 saturated carbocycles. The standard InChI is InChI=1S/C6H8ClNOS/c1-3-2-4(6(8)9)10-5(3)7/h2-3,5H,1H3,(H2,8,9). The number of primary amides is 1. The molecular formula is C6H8ClNOS. The van der Waals surface area contributed by atoms with E-state index in [9.17, 15) is 4.79 Å². The lowest BCUT2D eigenvalue weighted by molar-refractivity contribution is -0.113. The van der Waals surface area contributed by atoms with Gasteiger partial charge in [0.15, 0.2) is 0 Å². The van der Waals surface area contributed by atoms with E-state index in [0.717, 1.165) is 0 Å². The summed E-state index contributed by atoms with van der Waals surface area (Å²) in [5.41, 5.74) is 5.04. The third kappa shape index (κ3) is 1.47. The molecule has 0 spiro atoms. The topological polar surface area (TPSA) is 43.1 Å². The van der Waals surface area contributed by atoms with Crippen LogP contribution < -0.4 is 5.73 Å². The van der Waals surface area contributed by atoms with Crippen LogP contribution in [0.3, 0.4) is 0 Å². The number of carbonyl (C=O) groups is 1. The molecule has 0 aromatic heterocycles. The molecule has 1 aliphatic rings. The number of hydrogen-bond acceptors (Lipinski definition) is 2. The average Bonchev–Trinajstić information content (AvgIpc) is 2.13. The average molecular weight is 178 g/mol. The number of hydrogen-bond donors (Lipinski definition) is 1. The summed E-state index contributed by atoms with van der Waals surface area (Å²) in [5.74, 6) is -0.130. The molecule has 10 heavy (non-hydrogen) atoms. The Morgan fingerprint density at radius 2 is 2.50 bits per heavy atom. The van der Waals surface area contributed by atoms with Gasteiger partial charge in [-0.2, -0.15) is 0 Å². The molecule has 0 aromatic rings. The Bertz CT molecular complexity index is 192. The first-order valence-electron chi connectivity index (χ1n) is 2.93. The molecule has 1 rings (SSSR count). The Morgan fingerprint density at radius 3 is 2.70 bits per heavy atom. The second-order valence-electron chi connectivity index (χ2n) is 2.22. The van der Waals surface area contributed by atoms with Gasteiger partial charge in [-0.25, -0.2) is 0 Å². The predicted molar refractivity (Wildman–Crippen MR) is 43.7 cm³/mol. The van der Waals surface area contributed by atoms with Crippen molar-refractivity contribution in [2.45, 2.75) is 11.6 Å². The SMILES string of the molecule is CC1C=C(C(N)=O)SC1Cl. The molecule has 2 atom stereocenters. The van der Waals surface area contributed by atoms with Crippen molar-refractivity contribution in [1.29, 1.82) is 0 Å². The maximum Gasteiger partial charge on any atom is 0.254 e. The van der Waals surface area contributed by atoms with Gasteiger partial charge >= 0.3 is 0 Å². The Balaban J connectivity index is 2.67. The van der Waals surface area contributed by atoms with Crippen molar-refractivity contribution in [3.05, 3.63) is 11.0 Å². The highest BCUT2D eigenvalue weighted by molar-refractivity contribution is 8.05. The van der Waals surface area contributed by atoms with Gasteiger partial charge in [0.2, 0.25) is 0 Å². The number of carbonyl (C=O) groups excluding carboxylic acids is 1. The van der Waals surface area contributed by atoms with Crippen LogP contribution in [0.2, 0.25) is 0 Å². The van der Waals surface area contributed by atoms with E-state index in [1.165, 1.54) is 11.8 Å². The van der Waals surface area contributed by atoms with Crippen molar-refractivity contribution >= 4 is 29.3 Å². The zero-order valence-electron chi connectivity index (χ0n) is 5.50. The monoisotopic (exact) mass is 177 g/mol. The van der Waals surface area contributed by atoms with E-state index in [-0.39, 0.29) is 16.5 Å². The van der Waals surface area contributed by atoms with Crippen LogP contribution in [0.1, 0.15) is 6.92 Å². The van der Waals surface area contributed by atoms with Gasteiger partial charge in [-0.05, 0) is 0 Å². The maximum absolute atomic E-state index is 10.6. The molecular weight excluding hydrogens is 170 g/mol. The lowest BCUT2D eigenvalue weighted by atomic mass is 10.2. The van der Waals surface area contributed by atoms with Crippen molar-refractivity contribution in [1.82, 2.24) is 0 Å². The number of rotatable bonds is 1. The maximum atomic E-state index is 10.6. The molecule has 56 valence electrons. The molecule has 4 heteroatoms. The van der Waals surface area contributed by atoms with E-state index in [2.05, 4.69) is 0 Å². The summed E-state index contributed by atoms with van der Waals surface area (Å²) in [7, 11) is 0. The van der Waals surface area contributed by atoms with Crippen LogP contribution in [0.15, 0.2) is 11.0 Å². The Hall–Kier alpha value is -0.150. The number of alkyl halides is 1. The van der Waals surface area contributed by atoms with Crippen LogP contribution in [0.25, 0.3) is 0 Å². The van der Waals surface area contributed by atoms with Crippen molar-refractivity contribution in [2.24, 2.45) is 11.7 Å². The van der Waals surface area contributed by atoms with Crippen molar-refractivity contribution < 1.29 is 4.79 Å². The Labute approximate surface area is 68.8 Å². The van der Waals surface area contributed by atoms with Crippen LogP contribution >= 0.6 is 23.4 Å². The molecule has 0 aromatic carbocycles. The Kier molecular flexibility index (Phi) is 2.26. The van der Waals surface area contributed by atoms with Gasteiger partial charge < -0.3 is 5.73 Å². The quantitative estimate of drug-likeness (QED) is 0.614. The molecule has 1 aliphatic heterocycles. The molecule has 2 unspecified atom stereocenters. The first-order chi connectivity index (χ1) is 4.61. The first-order valence-corrected chi connectivity index (χ1v) is 4.25. The number of allylic oxidation sites excluding steroid dienone is 1. The summed E-state index contributed by atoms with van der Waals surface area (Å²) >= 11 is 7.14. The zero-order valence-corrected chi connectivity index (χ0v) is 7.08. The predicted octanol–water partition coefficient (Wildman–Crippen LogP) is 1.30. The summed E-state index contributed by atoms with van der Waals surface area (Å²) < 4.78 is -0.0255. The third-order valence-electron chi connectivity index (χ3n) is 1.31. The summed E-state index contributed by atoms with van der Waals surface area (Å²) in [6, 6.07) is 0. The minimum atomic E-state index is -0.375. The van der Waals surface area contributed by atoms with Gasteiger partial charge in [-0.3, -0.25) is 4.79 Å². The fourth-order valence-corrected chi connectivity index (χ4v) is 2.03. The molecule has 0 aliphatic carbocycles. The van der Waals surface area contributed by atoms with Crippen LogP contribution in [-0.4, -0.2) is 10.6 Å². The van der Waals surface area contributed by atoms with E-state index in [4.69, 9.17) is 17.3 Å². The lowest BCUT2D eigenvalue weighted by Crippen LogP contribution is -2.10. The highest BCUT2D eigenvalue weighted by Gasteiger charge is 2.25. The van der Waals surface area contributed by atoms with Crippen molar-refractivity contribution in [3.8, 4) is 0 Å². The van der Waals surface area contributed by atoms with E-state index in [1.807, 2.05) is 13.0 Å². The largest absolute Gasteiger partial charge is 0.365 e. The molecule has 1 amide bonds. The second-order valence-corrected chi connectivity index (χ2v) is 4.14. The van der Waals surface area contributed by atoms with E-state index in [1.54, 1.807) is 0 Å². The fourth-order valence-electron chi connectivity index (χ4n) is 0.723. The highest BCUT2D eigenvalue weighted by Crippen LogP contribution is 2.38. The summed E-state index contributed by atoms with van der Waals surface area (Å²) in [4.78, 5) is 11.2. The molecule has 0 fully saturated rings. The minimum absolute atomic E-state index is 0.0255. The smallest absolute Gasteiger partial charge is 0.254 e. The van der Waals surface area contributed by atoms with E-state index >= 15 is 0 Å². The number of amides is 1. The van der Waals surface area contributed by atoms with Crippen LogP contribution in [0, 0.1) is 5.92 Å². The van der Waals surface area contributed by atoms with Crippen molar-refractivity contribution in [3.63, 3.8) is 0 Å². The van der Waals surface area contributed by atoms with Crippen LogP contribution in [0.5, 0.6) is 0 Å². The molecule has 0 saturated heterocycles. The van der Waals surface area contributed by atoms with Crippen LogP contribution in [-0.2, 0) is 4.79 Å². The molecule has 1 heterocycles. The highest BCUT2D eigenvalue weighted by atomic mass is 35.5. The molecule has 2 nitrogen and oxygen atoms in total. The summed E-state index contributed by atoms with van der Waals surface area (Å²) in [6.07, 6.45) is 1.81. The normalized spacial score (nSPS) is 32.0. The number of thioether (sulfide) groups is 1. The molecule has 0 radical (unpaired) electrons. The molecule has 0 bridgehead atoms. The lowest BCUT2D eigenvalue weighted by Gasteiger charge is -2.02. The zero-order chi connectivity index (χ0) is 7.72. The Morgan fingerprint density at radius 1 is 1.90 bits per heavy atom. The van der Waals surface area contributed by atoms with Crippen molar-refractivity contribution in [2.75, 3.05) is 0 Å². The van der Waals surface area contributed by atoms with E-state index in [0.29, 0.717) is 4.91 Å². The van der Waals surface area contributed by atoms with Crippen LogP contribution in [0.4, 0.5) is 0 Å². The second kappa shape index (κ2) is 2.84. The van der Waals surface area contributed by atoms with Gasteiger partial charge in [-0.15, -0.1) is 23.4 Å². The van der Waals surface area contributed by atoms with Gasteiger partial charge in [0, 0.05) is 5.92 Å². The molecule has 2 N–H and O–H groups in total. The van der Waals surface area contributed by atoms with Gasteiger partial charge in [0.1, 0.15) is 0 Å². The van der Waals surface area contributed by atoms with Gasteiger partial charge in [0.05, 0.1) is 9.61 Å². The number of halogens is 1. The van der Waals surface area contributed by atoms with Gasteiger partial charge in [-0.1, -0.05) is 13.0 Å².